The second-order valence-corrected chi connectivity index (χ2v) is 6.29. The molecule has 0 unspecified atom stereocenters. The maximum Gasteiger partial charge on any atom is 0.246 e. The van der Waals surface area contributed by atoms with E-state index in [1.54, 1.807) is 18.2 Å². The first-order chi connectivity index (χ1) is 9.01. The molecule has 0 bridgehead atoms. The van der Waals surface area contributed by atoms with Gasteiger partial charge in [-0.3, -0.25) is 0 Å². The molecule has 1 aromatic rings. The lowest BCUT2D eigenvalue weighted by Gasteiger charge is -2.21. The molecule has 0 saturated carbocycles. The van der Waals surface area contributed by atoms with Gasteiger partial charge in [0.2, 0.25) is 10.0 Å². The van der Waals surface area contributed by atoms with Crippen LogP contribution in [-0.4, -0.2) is 32.9 Å². The average molecular weight is 306 g/mol. The van der Waals surface area contributed by atoms with Crippen molar-refractivity contribution >= 4 is 21.6 Å². The van der Waals surface area contributed by atoms with E-state index in [0.717, 1.165) is 12.0 Å². The second kappa shape index (κ2) is 7.12. The third-order valence-corrected chi connectivity index (χ3v) is 5.15. The predicted molar refractivity (Wildman–Crippen MR) is 77.3 cm³/mol. The lowest BCUT2D eigenvalue weighted by molar-refractivity contribution is 0.392. The summed E-state index contributed by atoms with van der Waals surface area (Å²) < 4.78 is 31.7. The number of methoxy groups -OCH3 is 1. The van der Waals surface area contributed by atoms with Gasteiger partial charge < -0.3 is 4.74 Å². The molecule has 0 radical (unpaired) electrons. The largest absolute Gasteiger partial charge is 0.495 e. The fourth-order valence-corrected chi connectivity index (χ4v) is 3.69. The summed E-state index contributed by atoms with van der Waals surface area (Å²) in [5, 5.41) is 0. The topological polar surface area (TPSA) is 46.6 Å². The molecule has 1 aromatic carbocycles. The van der Waals surface area contributed by atoms with E-state index < -0.39 is 10.0 Å². The number of sulfonamides is 1. The van der Waals surface area contributed by atoms with E-state index in [4.69, 9.17) is 16.3 Å². The lowest BCUT2D eigenvalue weighted by Crippen LogP contribution is -2.31. The minimum absolute atomic E-state index is 0.194. The number of nitrogens with zero attached hydrogens (tertiary/aromatic N) is 1. The van der Waals surface area contributed by atoms with Crippen molar-refractivity contribution in [1.29, 1.82) is 0 Å². The Bertz CT molecular complexity index is 517. The highest BCUT2D eigenvalue weighted by atomic mass is 35.5. The van der Waals surface area contributed by atoms with E-state index >= 15 is 0 Å². The SMILES string of the molecule is CCCN(CC)S(=O)(=O)c1ccc(CCl)cc1OC. The van der Waals surface area contributed by atoms with Crippen LogP contribution in [0.3, 0.4) is 0 Å². The Labute approximate surface area is 120 Å². The molecule has 1 rings (SSSR count). The van der Waals surface area contributed by atoms with Gasteiger partial charge in [-0.05, 0) is 24.1 Å². The van der Waals surface area contributed by atoms with Crippen LogP contribution in [0, 0.1) is 0 Å². The van der Waals surface area contributed by atoms with Gasteiger partial charge in [0.15, 0.2) is 0 Å². The number of benzene rings is 1. The van der Waals surface area contributed by atoms with E-state index in [1.165, 1.54) is 11.4 Å². The Kier molecular flexibility index (Phi) is 6.10. The summed E-state index contributed by atoms with van der Waals surface area (Å²) in [6.07, 6.45) is 0.773. The Morgan fingerprint density at radius 1 is 1.32 bits per heavy atom. The van der Waals surface area contributed by atoms with Gasteiger partial charge in [-0.1, -0.05) is 19.9 Å². The van der Waals surface area contributed by atoms with Gasteiger partial charge in [-0.2, -0.15) is 4.31 Å². The average Bonchev–Trinajstić information content (AvgIpc) is 2.43. The molecule has 0 aliphatic rings. The Morgan fingerprint density at radius 2 is 2.00 bits per heavy atom. The van der Waals surface area contributed by atoms with E-state index in [9.17, 15) is 8.42 Å². The van der Waals surface area contributed by atoms with Gasteiger partial charge >= 0.3 is 0 Å². The van der Waals surface area contributed by atoms with Crippen molar-refractivity contribution in [3.63, 3.8) is 0 Å². The first-order valence-corrected chi connectivity index (χ1v) is 8.21. The Balaban J connectivity index is 3.27. The van der Waals surface area contributed by atoms with Crippen molar-refractivity contribution in [3.05, 3.63) is 23.8 Å². The van der Waals surface area contributed by atoms with Crippen LogP contribution in [0.5, 0.6) is 5.75 Å². The fraction of sp³-hybridized carbons (Fsp3) is 0.538. The van der Waals surface area contributed by atoms with Crippen molar-refractivity contribution in [2.45, 2.75) is 31.0 Å². The molecule has 0 N–H and O–H groups in total. The monoisotopic (exact) mass is 305 g/mol. The highest BCUT2D eigenvalue weighted by molar-refractivity contribution is 7.89. The first-order valence-electron chi connectivity index (χ1n) is 6.24. The fourth-order valence-electron chi connectivity index (χ4n) is 1.84. The third-order valence-electron chi connectivity index (χ3n) is 2.83. The molecule has 4 nitrogen and oxygen atoms in total. The number of hydrogen-bond donors (Lipinski definition) is 0. The highest BCUT2D eigenvalue weighted by Crippen LogP contribution is 2.28. The minimum Gasteiger partial charge on any atom is -0.495 e. The summed E-state index contributed by atoms with van der Waals surface area (Å²) in [4.78, 5) is 0.194. The molecule has 108 valence electrons. The van der Waals surface area contributed by atoms with Gasteiger partial charge in [0, 0.05) is 19.0 Å². The van der Waals surface area contributed by atoms with Crippen molar-refractivity contribution in [3.8, 4) is 5.75 Å². The summed E-state index contributed by atoms with van der Waals surface area (Å²) in [6, 6.07) is 4.94. The van der Waals surface area contributed by atoms with Crippen LogP contribution < -0.4 is 4.74 Å². The summed E-state index contributed by atoms with van der Waals surface area (Å²) in [5.74, 6) is 0.663. The normalized spacial score (nSPS) is 11.8. The number of alkyl halides is 1. The summed E-state index contributed by atoms with van der Waals surface area (Å²) in [5.41, 5.74) is 0.830. The second-order valence-electron chi connectivity index (χ2n) is 4.12. The smallest absolute Gasteiger partial charge is 0.246 e. The highest BCUT2D eigenvalue weighted by Gasteiger charge is 2.26. The van der Waals surface area contributed by atoms with Gasteiger partial charge in [-0.15, -0.1) is 11.6 Å². The minimum atomic E-state index is -3.52. The third kappa shape index (κ3) is 3.61. The molecule has 0 aromatic heterocycles. The molecular weight excluding hydrogens is 286 g/mol. The maximum atomic E-state index is 12.5. The molecule has 0 aliphatic carbocycles. The molecular formula is C13H20ClNO3S. The molecule has 19 heavy (non-hydrogen) atoms. The molecule has 0 atom stereocenters. The Hall–Kier alpha value is -0.780. The predicted octanol–water partition coefficient (Wildman–Crippen LogP) is 2.85. The lowest BCUT2D eigenvalue weighted by atomic mass is 10.2. The van der Waals surface area contributed by atoms with Gasteiger partial charge in [0.25, 0.3) is 0 Å². The van der Waals surface area contributed by atoms with Crippen LogP contribution in [0.1, 0.15) is 25.8 Å². The molecule has 0 saturated heterocycles. The van der Waals surface area contributed by atoms with Crippen molar-refractivity contribution in [2.75, 3.05) is 20.2 Å². The van der Waals surface area contributed by atoms with Crippen LogP contribution in [0.15, 0.2) is 23.1 Å². The quantitative estimate of drug-likeness (QED) is 0.728. The Morgan fingerprint density at radius 3 is 2.47 bits per heavy atom. The summed E-state index contributed by atoms with van der Waals surface area (Å²) in [7, 11) is -2.05. The molecule has 0 aliphatic heterocycles. The number of ether oxygens (including phenoxy) is 1. The van der Waals surface area contributed by atoms with Crippen LogP contribution in [0.25, 0.3) is 0 Å². The first kappa shape index (κ1) is 16.3. The van der Waals surface area contributed by atoms with Crippen molar-refractivity contribution in [2.24, 2.45) is 0 Å². The molecule has 0 heterocycles. The number of hydrogen-bond acceptors (Lipinski definition) is 3. The zero-order valence-electron chi connectivity index (χ0n) is 11.5. The molecule has 6 heteroatoms. The summed E-state index contributed by atoms with van der Waals surface area (Å²) >= 11 is 5.75. The van der Waals surface area contributed by atoms with Crippen LogP contribution in [0.4, 0.5) is 0 Å². The molecule has 0 spiro atoms. The zero-order valence-corrected chi connectivity index (χ0v) is 13.1. The zero-order chi connectivity index (χ0) is 14.5. The van der Waals surface area contributed by atoms with E-state index in [2.05, 4.69) is 0 Å². The molecule has 0 fully saturated rings. The number of rotatable bonds is 7. The summed E-state index contributed by atoms with van der Waals surface area (Å²) in [6.45, 7) is 4.72. The maximum absolute atomic E-state index is 12.5. The van der Waals surface area contributed by atoms with Gasteiger partial charge in [0.1, 0.15) is 10.6 Å². The van der Waals surface area contributed by atoms with Crippen LogP contribution >= 0.6 is 11.6 Å². The van der Waals surface area contributed by atoms with Crippen LogP contribution in [0.2, 0.25) is 0 Å². The van der Waals surface area contributed by atoms with Crippen molar-refractivity contribution in [1.82, 2.24) is 4.31 Å². The van der Waals surface area contributed by atoms with E-state index in [0.29, 0.717) is 24.7 Å². The van der Waals surface area contributed by atoms with Crippen molar-refractivity contribution < 1.29 is 13.2 Å². The van der Waals surface area contributed by atoms with Gasteiger partial charge in [0.05, 0.1) is 7.11 Å². The van der Waals surface area contributed by atoms with E-state index in [-0.39, 0.29) is 4.90 Å². The standard InChI is InChI=1S/C13H20ClNO3S/c1-4-8-15(5-2)19(16,17)13-7-6-11(10-14)9-12(13)18-3/h6-7,9H,4-5,8,10H2,1-3H3. The van der Waals surface area contributed by atoms with Gasteiger partial charge in [-0.25, -0.2) is 8.42 Å². The number of halogens is 1. The van der Waals surface area contributed by atoms with Crippen LogP contribution in [-0.2, 0) is 15.9 Å². The van der Waals surface area contributed by atoms with E-state index in [1.807, 2.05) is 13.8 Å². The molecule has 0 amide bonds.